The van der Waals surface area contributed by atoms with Crippen molar-refractivity contribution in [3.05, 3.63) is 24.0 Å². The fourth-order valence-corrected chi connectivity index (χ4v) is 0.913. The van der Waals surface area contributed by atoms with Crippen LogP contribution in [0.5, 0.6) is 5.75 Å². The minimum atomic E-state index is 0.0680. The fourth-order valence-electron chi connectivity index (χ4n) is 0.867. The molecule has 0 aromatic carbocycles. The molecule has 1 heterocycles. The Morgan fingerprint density at radius 1 is 1.71 bits per heavy atom. The highest BCUT2D eigenvalue weighted by Gasteiger charge is 2.04. The molecule has 0 saturated carbocycles. The predicted octanol–water partition coefficient (Wildman–Crippen LogP) is 0.344. The Morgan fingerprint density at radius 2 is 2.43 bits per heavy atom. The minimum Gasteiger partial charge on any atom is -0.506 e. The summed E-state index contributed by atoms with van der Waals surface area (Å²) in [6, 6.07) is 3.16. The lowest BCUT2D eigenvalue weighted by molar-refractivity contribution is 0.471. The van der Waals surface area contributed by atoms with Crippen LogP contribution in [0, 0.1) is 0 Å². The first-order valence-electron chi connectivity index (χ1n) is 3.85. The summed E-state index contributed by atoms with van der Waals surface area (Å²) in [7, 11) is 0. The van der Waals surface area contributed by atoms with Gasteiger partial charge in [0.05, 0.1) is 5.71 Å². The summed E-state index contributed by atoms with van der Waals surface area (Å²) in [6.45, 7) is 1.69. The molecule has 0 atom stereocenters. The number of aromatic nitrogens is 1. The van der Waals surface area contributed by atoms with Crippen LogP contribution in [0.4, 0.5) is 0 Å². The van der Waals surface area contributed by atoms with Crippen molar-refractivity contribution in [1.82, 2.24) is 10.4 Å². The van der Waals surface area contributed by atoms with Crippen molar-refractivity contribution >= 4 is 23.0 Å². The van der Waals surface area contributed by atoms with Gasteiger partial charge in [-0.2, -0.15) is 5.10 Å². The average Bonchev–Trinajstić information content (AvgIpc) is 2.15. The third-order valence-corrected chi connectivity index (χ3v) is 1.55. The molecule has 5 nitrogen and oxygen atoms in total. The number of nitrogens with two attached hydrogens (primary N) is 1. The highest BCUT2D eigenvalue weighted by Crippen LogP contribution is 2.12. The van der Waals surface area contributed by atoms with Gasteiger partial charge in [-0.1, -0.05) is 0 Å². The monoisotopic (exact) mass is 210 g/mol. The Labute approximate surface area is 86.7 Å². The summed E-state index contributed by atoms with van der Waals surface area (Å²) < 4.78 is 0. The van der Waals surface area contributed by atoms with Crippen LogP contribution in [0.25, 0.3) is 0 Å². The Bertz CT molecular complexity index is 377. The van der Waals surface area contributed by atoms with E-state index in [0.29, 0.717) is 11.4 Å². The van der Waals surface area contributed by atoms with E-state index in [1.165, 1.54) is 6.07 Å². The lowest BCUT2D eigenvalue weighted by atomic mass is 10.2. The number of aromatic hydroxyl groups is 1. The average molecular weight is 210 g/mol. The van der Waals surface area contributed by atoms with Gasteiger partial charge in [-0.15, -0.1) is 0 Å². The molecule has 0 radical (unpaired) electrons. The molecule has 4 N–H and O–H groups in total. The standard InChI is InChI=1S/C8H10N4OS/c1-5(11-12-8(9)14)7-6(13)3-2-4-10-7/h2-4,13H,1H3,(H3,9,12,14)/b11-5+. The van der Waals surface area contributed by atoms with E-state index in [-0.39, 0.29) is 10.9 Å². The van der Waals surface area contributed by atoms with Crippen LogP contribution >= 0.6 is 12.2 Å². The summed E-state index contributed by atoms with van der Waals surface area (Å²) in [5, 5.41) is 13.3. The van der Waals surface area contributed by atoms with Gasteiger partial charge in [0.25, 0.3) is 0 Å². The quantitative estimate of drug-likeness (QED) is 0.372. The van der Waals surface area contributed by atoms with E-state index < -0.39 is 0 Å². The lowest BCUT2D eigenvalue weighted by Gasteiger charge is -2.02. The number of thiocarbonyl (C=S) groups is 1. The SMILES string of the molecule is C/C(=N\NC(N)=S)c1ncccc1O. The zero-order valence-corrected chi connectivity index (χ0v) is 8.38. The van der Waals surface area contributed by atoms with E-state index in [1.54, 1.807) is 19.2 Å². The van der Waals surface area contributed by atoms with Gasteiger partial charge >= 0.3 is 0 Å². The Morgan fingerprint density at radius 3 is 3.00 bits per heavy atom. The van der Waals surface area contributed by atoms with Crippen molar-refractivity contribution in [1.29, 1.82) is 0 Å². The normalized spacial score (nSPS) is 11.1. The molecule has 6 heteroatoms. The number of hydrogen-bond donors (Lipinski definition) is 3. The largest absolute Gasteiger partial charge is 0.506 e. The first-order valence-corrected chi connectivity index (χ1v) is 4.26. The highest BCUT2D eigenvalue weighted by atomic mass is 32.1. The van der Waals surface area contributed by atoms with Gasteiger partial charge in [-0.3, -0.25) is 10.4 Å². The maximum absolute atomic E-state index is 9.41. The van der Waals surface area contributed by atoms with Crippen LogP contribution in [-0.2, 0) is 0 Å². The first-order chi connectivity index (χ1) is 6.61. The molecule has 0 bridgehead atoms. The van der Waals surface area contributed by atoms with Crippen molar-refractivity contribution in [2.24, 2.45) is 10.8 Å². The zero-order chi connectivity index (χ0) is 10.6. The van der Waals surface area contributed by atoms with Crippen LogP contribution in [-0.4, -0.2) is 20.9 Å². The number of nitrogens with one attached hydrogen (secondary N) is 1. The highest BCUT2D eigenvalue weighted by molar-refractivity contribution is 7.80. The molecular weight excluding hydrogens is 200 g/mol. The van der Waals surface area contributed by atoms with Crippen molar-refractivity contribution in [2.45, 2.75) is 6.92 Å². The summed E-state index contributed by atoms with van der Waals surface area (Å²) >= 11 is 4.57. The molecule has 1 aromatic heterocycles. The molecule has 0 amide bonds. The number of hydrazone groups is 1. The van der Waals surface area contributed by atoms with E-state index in [1.807, 2.05) is 0 Å². The number of pyridine rings is 1. The lowest BCUT2D eigenvalue weighted by Crippen LogP contribution is -2.25. The van der Waals surface area contributed by atoms with Crippen LogP contribution in [0.2, 0.25) is 0 Å². The second-order valence-corrected chi connectivity index (χ2v) is 2.98. The molecular formula is C8H10N4OS. The van der Waals surface area contributed by atoms with E-state index in [4.69, 9.17) is 5.73 Å². The van der Waals surface area contributed by atoms with Gasteiger partial charge in [-0.25, -0.2) is 0 Å². The maximum atomic E-state index is 9.41. The minimum absolute atomic E-state index is 0.0680. The number of hydrogen-bond acceptors (Lipinski definition) is 4. The molecule has 0 unspecified atom stereocenters. The smallest absolute Gasteiger partial charge is 0.184 e. The molecule has 0 spiro atoms. The molecule has 0 fully saturated rings. The second-order valence-electron chi connectivity index (χ2n) is 2.54. The third kappa shape index (κ3) is 2.67. The summed E-state index contributed by atoms with van der Waals surface area (Å²) in [6.07, 6.45) is 1.56. The molecule has 1 aromatic rings. The second kappa shape index (κ2) is 4.52. The van der Waals surface area contributed by atoms with E-state index in [0.717, 1.165) is 0 Å². The molecule has 0 aliphatic carbocycles. The van der Waals surface area contributed by atoms with Gasteiger partial charge < -0.3 is 10.8 Å². The molecule has 0 saturated heterocycles. The van der Waals surface area contributed by atoms with Gasteiger partial charge in [0.15, 0.2) is 5.11 Å². The Balaban J connectivity index is 2.89. The molecule has 0 aliphatic heterocycles. The molecule has 14 heavy (non-hydrogen) atoms. The topological polar surface area (TPSA) is 83.5 Å². The van der Waals surface area contributed by atoms with Gasteiger partial charge in [0, 0.05) is 6.20 Å². The van der Waals surface area contributed by atoms with Crippen LogP contribution in [0.3, 0.4) is 0 Å². The van der Waals surface area contributed by atoms with E-state index >= 15 is 0 Å². The zero-order valence-electron chi connectivity index (χ0n) is 7.56. The summed E-state index contributed by atoms with van der Waals surface area (Å²) in [5.74, 6) is 0.0680. The Hall–Kier alpha value is -1.69. The Kier molecular flexibility index (Phi) is 3.35. The fraction of sp³-hybridized carbons (Fsp3) is 0.125. The summed E-state index contributed by atoms with van der Waals surface area (Å²) in [5.41, 5.74) is 8.51. The van der Waals surface area contributed by atoms with Crippen molar-refractivity contribution in [3.8, 4) is 5.75 Å². The first kappa shape index (κ1) is 10.4. The molecule has 0 aliphatic rings. The summed E-state index contributed by atoms with van der Waals surface area (Å²) in [4.78, 5) is 3.95. The van der Waals surface area contributed by atoms with Gasteiger partial charge in [-0.05, 0) is 31.3 Å². The van der Waals surface area contributed by atoms with Crippen molar-refractivity contribution in [2.75, 3.05) is 0 Å². The van der Waals surface area contributed by atoms with Crippen LogP contribution < -0.4 is 11.2 Å². The van der Waals surface area contributed by atoms with Crippen LogP contribution in [0.15, 0.2) is 23.4 Å². The molecule has 74 valence electrons. The predicted molar refractivity (Wildman–Crippen MR) is 58.0 cm³/mol. The van der Waals surface area contributed by atoms with E-state index in [9.17, 15) is 5.11 Å². The van der Waals surface area contributed by atoms with Gasteiger partial charge in [0.1, 0.15) is 11.4 Å². The van der Waals surface area contributed by atoms with Crippen molar-refractivity contribution < 1.29 is 5.11 Å². The molecule has 1 rings (SSSR count). The number of rotatable bonds is 2. The van der Waals surface area contributed by atoms with E-state index in [2.05, 4.69) is 27.7 Å². The van der Waals surface area contributed by atoms with Gasteiger partial charge in [0.2, 0.25) is 0 Å². The van der Waals surface area contributed by atoms with Crippen molar-refractivity contribution in [3.63, 3.8) is 0 Å². The maximum Gasteiger partial charge on any atom is 0.184 e. The number of nitrogens with zero attached hydrogens (tertiary/aromatic N) is 2. The third-order valence-electron chi connectivity index (χ3n) is 1.46. The van der Waals surface area contributed by atoms with Crippen LogP contribution in [0.1, 0.15) is 12.6 Å².